The Kier molecular flexibility index (Phi) is 3.03. The molecule has 0 aliphatic rings. The molecule has 74 valence electrons. The number of hydrogen-bond acceptors (Lipinski definition) is 3. The van der Waals surface area contributed by atoms with Gasteiger partial charge in [0.15, 0.2) is 5.82 Å². The van der Waals surface area contributed by atoms with Gasteiger partial charge in [-0.2, -0.15) is 5.10 Å². The Labute approximate surface area is 78.9 Å². The second kappa shape index (κ2) is 3.87. The van der Waals surface area contributed by atoms with E-state index in [-0.39, 0.29) is 5.60 Å². The summed E-state index contributed by atoms with van der Waals surface area (Å²) in [5.74, 6) is 0.740. The van der Waals surface area contributed by atoms with Crippen molar-refractivity contribution in [3.05, 3.63) is 12.2 Å². The van der Waals surface area contributed by atoms with E-state index in [4.69, 9.17) is 4.74 Å². The van der Waals surface area contributed by atoms with E-state index >= 15 is 0 Å². The molecule has 1 aromatic rings. The molecule has 0 spiro atoms. The predicted molar refractivity (Wildman–Crippen MR) is 50.2 cm³/mol. The molecule has 0 radical (unpaired) electrons. The van der Waals surface area contributed by atoms with Gasteiger partial charge in [0.05, 0.1) is 5.60 Å². The SMILES string of the molecule is CCC(C)(C)OCc1ncn(C)n1. The monoisotopic (exact) mass is 183 g/mol. The van der Waals surface area contributed by atoms with Gasteiger partial charge >= 0.3 is 0 Å². The van der Waals surface area contributed by atoms with Gasteiger partial charge in [-0.15, -0.1) is 0 Å². The summed E-state index contributed by atoms with van der Waals surface area (Å²) in [5, 5.41) is 4.13. The summed E-state index contributed by atoms with van der Waals surface area (Å²) in [6, 6.07) is 0. The van der Waals surface area contributed by atoms with Crippen molar-refractivity contribution in [2.45, 2.75) is 39.4 Å². The lowest BCUT2D eigenvalue weighted by Crippen LogP contribution is -2.23. The van der Waals surface area contributed by atoms with Crippen LogP contribution in [0.3, 0.4) is 0 Å². The van der Waals surface area contributed by atoms with Crippen molar-refractivity contribution in [2.75, 3.05) is 0 Å². The molecule has 4 nitrogen and oxygen atoms in total. The van der Waals surface area contributed by atoms with Gasteiger partial charge in [-0.3, -0.25) is 4.68 Å². The topological polar surface area (TPSA) is 39.9 Å². The number of rotatable bonds is 4. The fourth-order valence-corrected chi connectivity index (χ4v) is 0.812. The van der Waals surface area contributed by atoms with Gasteiger partial charge in [0.2, 0.25) is 0 Å². The van der Waals surface area contributed by atoms with Crippen LogP contribution in [0.1, 0.15) is 33.0 Å². The lowest BCUT2D eigenvalue weighted by molar-refractivity contribution is -0.0345. The molecular weight excluding hydrogens is 166 g/mol. The van der Waals surface area contributed by atoms with E-state index in [2.05, 4.69) is 30.9 Å². The van der Waals surface area contributed by atoms with Crippen LogP contribution in [0.2, 0.25) is 0 Å². The second-order valence-corrected chi connectivity index (χ2v) is 3.74. The van der Waals surface area contributed by atoms with E-state index in [0.29, 0.717) is 6.61 Å². The number of hydrogen-bond donors (Lipinski definition) is 0. The van der Waals surface area contributed by atoms with Crippen molar-refractivity contribution in [3.8, 4) is 0 Å². The first-order valence-corrected chi connectivity index (χ1v) is 4.52. The van der Waals surface area contributed by atoms with Gasteiger partial charge in [0.1, 0.15) is 12.9 Å². The van der Waals surface area contributed by atoms with Gasteiger partial charge in [-0.1, -0.05) is 6.92 Å². The highest BCUT2D eigenvalue weighted by Gasteiger charge is 2.15. The van der Waals surface area contributed by atoms with Crippen LogP contribution in [0.4, 0.5) is 0 Å². The first-order chi connectivity index (χ1) is 6.03. The Bertz CT molecular complexity index is 268. The van der Waals surface area contributed by atoms with Crippen molar-refractivity contribution in [1.82, 2.24) is 14.8 Å². The fraction of sp³-hybridized carbons (Fsp3) is 0.778. The van der Waals surface area contributed by atoms with Crippen molar-refractivity contribution in [1.29, 1.82) is 0 Å². The molecule has 0 aliphatic heterocycles. The van der Waals surface area contributed by atoms with Crippen molar-refractivity contribution in [2.24, 2.45) is 7.05 Å². The zero-order chi connectivity index (χ0) is 9.90. The largest absolute Gasteiger partial charge is 0.368 e. The highest BCUT2D eigenvalue weighted by Crippen LogP contribution is 2.14. The third kappa shape index (κ3) is 3.14. The summed E-state index contributed by atoms with van der Waals surface area (Å²) in [5.41, 5.74) is -0.0841. The van der Waals surface area contributed by atoms with Crippen molar-refractivity contribution >= 4 is 0 Å². The van der Waals surface area contributed by atoms with Crippen LogP contribution in [-0.4, -0.2) is 20.4 Å². The summed E-state index contributed by atoms with van der Waals surface area (Å²) >= 11 is 0. The number of ether oxygens (including phenoxy) is 1. The highest BCUT2D eigenvalue weighted by molar-refractivity contribution is 4.79. The minimum Gasteiger partial charge on any atom is -0.368 e. The van der Waals surface area contributed by atoms with Crippen LogP contribution in [0, 0.1) is 0 Å². The summed E-state index contributed by atoms with van der Waals surface area (Å²) in [4.78, 5) is 4.08. The molecule has 1 rings (SSSR count). The highest BCUT2D eigenvalue weighted by atomic mass is 16.5. The van der Waals surface area contributed by atoms with E-state index in [9.17, 15) is 0 Å². The number of nitrogens with zero attached hydrogens (tertiary/aromatic N) is 3. The molecule has 0 unspecified atom stereocenters. The normalized spacial score (nSPS) is 12.0. The summed E-state index contributed by atoms with van der Waals surface area (Å²) < 4.78 is 7.32. The first-order valence-electron chi connectivity index (χ1n) is 4.52. The number of aryl methyl sites for hydroxylation is 1. The average molecular weight is 183 g/mol. The molecule has 0 atom stereocenters. The second-order valence-electron chi connectivity index (χ2n) is 3.74. The molecule has 0 saturated carbocycles. The molecule has 1 aromatic heterocycles. The molecule has 4 heteroatoms. The van der Waals surface area contributed by atoms with Crippen LogP contribution in [0.5, 0.6) is 0 Å². The molecule has 0 fully saturated rings. The molecule has 0 aliphatic carbocycles. The van der Waals surface area contributed by atoms with E-state index < -0.39 is 0 Å². The number of aromatic nitrogens is 3. The Hall–Kier alpha value is -0.900. The lowest BCUT2D eigenvalue weighted by Gasteiger charge is -2.22. The maximum Gasteiger partial charge on any atom is 0.176 e. The zero-order valence-corrected chi connectivity index (χ0v) is 8.74. The van der Waals surface area contributed by atoms with Crippen LogP contribution in [0.25, 0.3) is 0 Å². The molecule has 0 N–H and O–H groups in total. The zero-order valence-electron chi connectivity index (χ0n) is 8.74. The van der Waals surface area contributed by atoms with Crippen LogP contribution in [-0.2, 0) is 18.4 Å². The van der Waals surface area contributed by atoms with Crippen LogP contribution < -0.4 is 0 Å². The molecular formula is C9H17N3O. The van der Waals surface area contributed by atoms with Crippen LogP contribution in [0.15, 0.2) is 6.33 Å². The third-order valence-electron chi connectivity index (χ3n) is 2.09. The Balaban J connectivity index is 2.43. The van der Waals surface area contributed by atoms with Gasteiger partial charge in [0, 0.05) is 7.05 Å². The average Bonchev–Trinajstić information content (AvgIpc) is 2.48. The van der Waals surface area contributed by atoms with Gasteiger partial charge in [0.25, 0.3) is 0 Å². The maximum absolute atomic E-state index is 5.64. The summed E-state index contributed by atoms with van der Waals surface area (Å²) in [7, 11) is 1.85. The smallest absolute Gasteiger partial charge is 0.176 e. The Morgan fingerprint density at radius 1 is 1.54 bits per heavy atom. The summed E-state index contributed by atoms with van der Waals surface area (Å²) in [6.07, 6.45) is 2.66. The van der Waals surface area contributed by atoms with E-state index in [1.54, 1.807) is 11.0 Å². The lowest BCUT2D eigenvalue weighted by atomic mass is 10.1. The summed E-state index contributed by atoms with van der Waals surface area (Å²) in [6.45, 7) is 6.72. The van der Waals surface area contributed by atoms with Gasteiger partial charge in [-0.05, 0) is 20.3 Å². The minimum absolute atomic E-state index is 0.0841. The van der Waals surface area contributed by atoms with Gasteiger partial charge < -0.3 is 4.74 Å². The Morgan fingerprint density at radius 2 is 2.23 bits per heavy atom. The molecule has 0 aromatic carbocycles. The van der Waals surface area contributed by atoms with Gasteiger partial charge in [-0.25, -0.2) is 4.98 Å². The van der Waals surface area contributed by atoms with E-state index in [0.717, 1.165) is 12.2 Å². The standard InChI is InChI=1S/C9H17N3O/c1-5-9(2,3)13-6-8-10-7-12(4)11-8/h7H,5-6H2,1-4H3. The van der Waals surface area contributed by atoms with Crippen molar-refractivity contribution < 1.29 is 4.74 Å². The molecule has 0 saturated heterocycles. The van der Waals surface area contributed by atoms with E-state index in [1.807, 2.05) is 7.05 Å². The molecule has 1 heterocycles. The third-order valence-corrected chi connectivity index (χ3v) is 2.09. The van der Waals surface area contributed by atoms with E-state index in [1.165, 1.54) is 0 Å². The molecule has 0 amide bonds. The van der Waals surface area contributed by atoms with Crippen molar-refractivity contribution in [3.63, 3.8) is 0 Å². The quantitative estimate of drug-likeness (QED) is 0.710. The minimum atomic E-state index is -0.0841. The molecule has 0 bridgehead atoms. The Morgan fingerprint density at radius 3 is 2.69 bits per heavy atom. The maximum atomic E-state index is 5.64. The fourth-order valence-electron chi connectivity index (χ4n) is 0.812. The van der Waals surface area contributed by atoms with Crippen LogP contribution >= 0.6 is 0 Å². The first kappa shape index (κ1) is 10.2. The molecule has 13 heavy (non-hydrogen) atoms. The predicted octanol–water partition coefficient (Wildman–Crippen LogP) is 1.52.